The highest BCUT2D eigenvalue weighted by atomic mass is 19.2. The lowest BCUT2D eigenvalue weighted by atomic mass is 10.2. The number of rotatable bonds is 6. The predicted octanol–water partition coefficient (Wildman–Crippen LogP) is 2.96. The first-order valence-corrected chi connectivity index (χ1v) is 7.25. The zero-order valence-corrected chi connectivity index (χ0v) is 13.3. The molecule has 1 heterocycles. The molecule has 0 radical (unpaired) electrons. The Morgan fingerprint density at radius 3 is 2.23 bits per heavy atom. The van der Waals surface area contributed by atoms with E-state index in [0.29, 0.717) is 13.2 Å². The Balaban J connectivity index is 2.01. The first kappa shape index (κ1) is 19.6. The summed E-state index contributed by atoms with van der Waals surface area (Å²) in [6.45, 7) is 2.77. The van der Waals surface area contributed by atoms with E-state index in [0.717, 1.165) is 6.08 Å². The van der Waals surface area contributed by atoms with Gasteiger partial charge < -0.3 is 19.0 Å². The van der Waals surface area contributed by atoms with E-state index in [9.17, 15) is 26.7 Å². The molecule has 142 valence electrons. The van der Waals surface area contributed by atoms with Crippen molar-refractivity contribution in [1.82, 2.24) is 0 Å². The lowest BCUT2D eigenvalue weighted by molar-refractivity contribution is -0.134. The fraction of sp³-hybridized carbons (Fsp3) is 0.333. The highest BCUT2D eigenvalue weighted by Crippen LogP contribution is 2.29. The van der Waals surface area contributed by atoms with Crippen LogP contribution in [-0.4, -0.2) is 31.7 Å². The summed E-state index contributed by atoms with van der Waals surface area (Å²) in [5, 5.41) is 3.44. The maximum absolute atomic E-state index is 13.5. The van der Waals surface area contributed by atoms with Crippen molar-refractivity contribution in [2.75, 3.05) is 19.8 Å². The average Bonchev–Trinajstić information content (AvgIpc) is 2.66. The lowest BCUT2D eigenvalue weighted by Gasteiger charge is -2.13. The molecule has 0 bridgehead atoms. The fourth-order valence-corrected chi connectivity index (χ4v) is 1.74. The number of oxime groups is 1. The molecule has 0 amide bonds. The molecule has 1 aromatic rings. The molecule has 0 saturated carbocycles. The summed E-state index contributed by atoms with van der Waals surface area (Å²) >= 11 is 0. The standard InChI is InChI=1S/C15H12F5NO5/c1-2-23-5-6-24-8-4-3-7(26-21-8)15(22)25-14-12(19)10(17)9(16)11(18)13(14)20/h3H,2,4-6H2,1H3. The van der Waals surface area contributed by atoms with Crippen LogP contribution in [0.25, 0.3) is 0 Å². The molecular weight excluding hydrogens is 369 g/mol. The van der Waals surface area contributed by atoms with Gasteiger partial charge in [-0.15, -0.1) is 0 Å². The van der Waals surface area contributed by atoms with Gasteiger partial charge in [0, 0.05) is 13.0 Å². The van der Waals surface area contributed by atoms with E-state index < -0.39 is 46.6 Å². The Hall–Kier alpha value is -2.69. The summed E-state index contributed by atoms with van der Waals surface area (Å²) in [6, 6.07) is 0. The molecular formula is C15H12F5NO5. The maximum Gasteiger partial charge on any atom is 0.382 e. The van der Waals surface area contributed by atoms with Crippen LogP contribution in [0.1, 0.15) is 13.3 Å². The first-order valence-electron chi connectivity index (χ1n) is 7.25. The van der Waals surface area contributed by atoms with E-state index in [4.69, 9.17) is 9.47 Å². The molecule has 1 aliphatic heterocycles. The normalized spacial score (nSPS) is 13.6. The Kier molecular flexibility index (Phi) is 6.50. The van der Waals surface area contributed by atoms with E-state index in [-0.39, 0.29) is 18.9 Å². The molecule has 11 heteroatoms. The Morgan fingerprint density at radius 1 is 1.08 bits per heavy atom. The number of hydrogen-bond donors (Lipinski definition) is 0. The van der Waals surface area contributed by atoms with E-state index in [2.05, 4.69) is 14.7 Å². The fourth-order valence-electron chi connectivity index (χ4n) is 1.74. The number of ether oxygens (including phenoxy) is 3. The van der Waals surface area contributed by atoms with Gasteiger partial charge >= 0.3 is 5.97 Å². The molecule has 0 unspecified atom stereocenters. The van der Waals surface area contributed by atoms with Crippen LogP contribution in [-0.2, 0) is 19.1 Å². The zero-order chi connectivity index (χ0) is 19.3. The SMILES string of the molecule is CCOCCOC1=NOC(C(=O)Oc2c(F)c(F)c(F)c(F)c2F)=CC1. The number of hydrogen-bond acceptors (Lipinski definition) is 6. The molecule has 1 aromatic carbocycles. The first-order chi connectivity index (χ1) is 12.4. The molecule has 1 aliphatic rings. The number of esters is 1. The number of nitrogens with zero attached hydrogens (tertiary/aromatic N) is 1. The molecule has 0 spiro atoms. The minimum absolute atomic E-state index is 0.0202. The maximum atomic E-state index is 13.5. The Bertz CT molecular complexity index is 736. The second kappa shape index (κ2) is 8.61. The zero-order valence-electron chi connectivity index (χ0n) is 13.3. The largest absolute Gasteiger partial charge is 0.476 e. The van der Waals surface area contributed by atoms with Gasteiger partial charge in [0.25, 0.3) is 0 Å². The summed E-state index contributed by atoms with van der Waals surface area (Å²) in [5.41, 5.74) is 0. The van der Waals surface area contributed by atoms with Crippen LogP contribution in [0.4, 0.5) is 22.0 Å². The highest BCUT2D eigenvalue weighted by Gasteiger charge is 2.30. The summed E-state index contributed by atoms with van der Waals surface area (Å²) in [6.07, 6.45) is 1.09. The van der Waals surface area contributed by atoms with E-state index in [1.807, 2.05) is 0 Å². The topological polar surface area (TPSA) is 66.3 Å². The van der Waals surface area contributed by atoms with E-state index in [1.165, 1.54) is 0 Å². The monoisotopic (exact) mass is 381 g/mol. The number of benzene rings is 1. The minimum atomic E-state index is -2.37. The van der Waals surface area contributed by atoms with Gasteiger partial charge in [0.2, 0.25) is 46.5 Å². The lowest BCUT2D eigenvalue weighted by Crippen LogP contribution is -2.20. The number of halogens is 5. The summed E-state index contributed by atoms with van der Waals surface area (Å²) < 4.78 is 80.4. The highest BCUT2D eigenvalue weighted by molar-refractivity contribution is 5.90. The van der Waals surface area contributed by atoms with Crippen molar-refractivity contribution in [2.24, 2.45) is 5.16 Å². The van der Waals surface area contributed by atoms with Crippen LogP contribution in [0.15, 0.2) is 17.0 Å². The molecule has 2 rings (SSSR count). The van der Waals surface area contributed by atoms with Gasteiger partial charge in [0.05, 0.1) is 6.61 Å². The molecule has 0 fully saturated rings. The molecule has 0 aliphatic carbocycles. The Labute approximate surface area is 143 Å². The third-order valence-electron chi connectivity index (χ3n) is 2.97. The quantitative estimate of drug-likeness (QED) is 0.189. The van der Waals surface area contributed by atoms with Gasteiger partial charge in [-0.05, 0) is 18.2 Å². The van der Waals surface area contributed by atoms with Crippen LogP contribution in [0.2, 0.25) is 0 Å². The molecule has 6 nitrogen and oxygen atoms in total. The van der Waals surface area contributed by atoms with Crippen molar-refractivity contribution in [3.8, 4) is 5.75 Å². The summed E-state index contributed by atoms with van der Waals surface area (Å²) in [7, 11) is 0. The summed E-state index contributed by atoms with van der Waals surface area (Å²) in [4.78, 5) is 16.4. The van der Waals surface area contributed by atoms with Crippen molar-refractivity contribution in [3.63, 3.8) is 0 Å². The van der Waals surface area contributed by atoms with Gasteiger partial charge in [0.15, 0.2) is 0 Å². The van der Waals surface area contributed by atoms with Gasteiger partial charge in [-0.25, -0.2) is 18.0 Å². The Morgan fingerprint density at radius 2 is 1.69 bits per heavy atom. The summed E-state index contributed by atoms with van der Waals surface area (Å²) in [5.74, 6) is -15.2. The van der Waals surface area contributed by atoms with Crippen molar-refractivity contribution >= 4 is 11.9 Å². The van der Waals surface area contributed by atoms with Gasteiger partial charge in [-0.2, -0.15) is 8.78 Å². The van der Waals surface area contributed by atoms with E-state index >= 15 is 0 Å². The van der Waals surface area contributed by atoms with Crippen LogP contribution >= 0.6 is 0 Å². The van der Waals surface area contributed by atoms with Gasteiger partial charge in [-0.3, -0.25) is 0 Å². The average molecular weight is 381 g/mol. The second-order valence-corrected chi connectivity index (χ2v) is 4.68. The third-order valence-corrected chi connectivity index (χ3v) is 2.97. The van der Waals surface area contributed by atoms with Crippen LogP contribution in [0, 0.1) is 29.1 Å². The van der Waals surface area contributed by atoms with Crippen molar-refractivity contribution in [3.05, 3.63) is 40.9 Å². The minimum Gasteiger partial charge on any atom is -0.476 e. The van der Waals surface area contributed by atoms with Crippen LogP contribution < -0.4 is 4.74 Å². The predicted molar refractivity (Wildman–Crippen MR) is 75.5 cm³/mol. The van der Waals surface area contributed by atoms with Gasteiger partial charge in [0.1, 0.15) is 6.61 Å². The molecule has 0 N–H and O–H groups in total. The van der Waals surface area contributed by atoms with Crippen LogP contribution in [0.3, 0.4) is 0 Å². The molecule has 0 atom stereocenters. The second-order valence-electron chi connectivity index (χ2n) is 4.68. The van der Waals surface area contributed by atoms with Crippen LogP contribution in [0.5, 0.6) is 5.75 Å². The van der Waals surface area contributed by atoms with Crippen molar-refractivity contribution in [1.29, 1.82) is 0 Å². The van der Waals surface area contributed by atoms with Gasteiger partial charge in [-0.1, -0.05) is 0 Å². The van der Waals surface area contributed by atoms with Crippen molar-refractivity contribution in [2.45, 2.75) is 13.3 Å². The number of carbonyl (C=O) groups excluding carboxylic acids is 1. The molecule has 26 heavy (non-hydrogen) atoms. The van der Waals surface area contributed by atoms with Crippen molar-refractivity contribution < 1.29 is 45.8 Å². The third kappa shape index (κ3) is 4.28. The molecule has 0 aromatic heterocycles. The van der Waals surface area contributed by atoms with E-state index in [1.54, 1.807) is 6.92 Å². The molecule has 0 saturated heterocycles. The smallest absolute Gasteiger partial charge is 0.382 e. The number of carbonyl (C=O) groups is 1.